The molecule has 29 heavy (non-hydrogen) atoms. The van der Waals surface area contributed by atoms with Gasteiger partial charge in [-0.2, -0.15) is 0 Å². The predicted molar refractivity (Wildman–Crippen MR) is 111 cm³/mol. The monoisotopic (exact) mass is 463 g/mol. The fourth-order valence-electron chi connectivity index (χ4n) is 2.47. The third kappa shape index (κ3) is 7.53. The molecule has 1 aromatic heterocycles. The van der Waals surface area contributed by atoms with Crippen LogP contribution in [0.2, 0.25) is 0 Å². The van der Waals surface area contributed by atoms with Crippen LogP contribution in [0.5, 0.6) is 0 Å². The van der Waals surface area contributed by atoms with Crippen LogP contribution in [0.4, 0.5) is 10.5 Å². The maximum Gasteiger partial charge on any atom is 0.407 e. The number of anilines is 1. The molecule has 1 aromatic carbocycles. The lowest BCUT2D eigenvalue weighted by Crippen LogP contribution is -2.37. The van der Waals surface area contributed by atoms with Crippen LogP contribution in [0.25, 0.3) is 0 Å². The van der Waals surface area contributed by atoms with E-state index in [1.165, 1.54) is 18.0 Å². The van der Waals surface area contributed by atoms with Gasteiger partial charge in [-0.25, -0.2) is 4.79 Å². The number of aromatic nitrogens is 1. The summed E-state index contributed by atoms with van der Waals surface area (Å²) in [5, 5.41) is 2.51. The maximum atomic E-state index is 13.0. The molecular formula is C20H22BrN3O5. The molecular weight excluding hydrogens is 442 g/mol. The number of rotatable bonds is 8. The first-order valence-electron chi connectivity index (χ1n) is 8.92. The Morgan fingerprint density at radius 2 is 1.93 bits per heavy atom. The van der Waals surface area contributed by atoms with E-state index in [0.29, 0.717) is 15.7 Å². The topological polar surface area (TPSA) is 97.8 Å². The van der Waals surface area contributed by atoms with Gasteiger partial charge in [0.15, 0.2) is 0 Å². The van der Waals surface area contributed by atoms with E-state index >= 15 is 0 Å². The number of carbonyl (C=O) groups is 3. The number of halogens is 1. The van der Waals surface area contributed by atoms with Gasteiger partial charge < -0.3 is 19.7 Å². The molecule has 2 aromatic rings. The molecule has 0 fully saturated rings. The molecule has 0 aliphatic heterocycles. The molecule has 1 heterocycles. The van der Waals surface area contributed by atoms with Crippen molar-refractivity contribution in [2.45, 2.75) is 20.0 Å². The van der Waals surface area contributed by atoms with E-state index < -0.39 is 18.2 Å². The normalized spacial score (nSPS) is 11.3. The highest BCUT2D eigenvalue weighted by Gasteiger charge is 2.19. The molecule has 1 N–H and O–H groups in total. The molecule has 9 heteroatoms. The minimum Gasteiger partial charge on any atom is -0.461 e. The van der Waals surface area contributed by atoms with E-state index in [1.807, 2.05) is 18.2 Å². The Kier molecular flexibility index (Phi) is 8.60. The SMILES string of the molecule is CC(=O)OC(C)CNC(=O)OCCN(C(=O)c1cncc(Br)c1)c1ccccc1. The highest BCUT2D eigenvalue weighted by Crippen LogP contribution is 2.18. The first-order chi connectivity index (χ1) is 13.9. The van der Waals surface area contributed by atoms with E-state index in [4.69, 9.17) is 9.47 Å². The van der Waals surface area contributed by atoms with Crippen molar-refractivity contribution in [2.24, 2.45) is 0 Å². The van der Waals surface area contributed by atoms with Crippen molar-refractivity contribution < 1.29 is 23.9 Å². The summed E-state index contributed by atoms with van der Waals surface area (Å²) in [6.45, 7) is 3.22. The minimum atomic E-state index is -0.659. The third-order valence-electron chi connectivity index (χ3n) is 3.71. The quantitative estimate of drug-likeness (QED) is 0.603. The lowest BCUT2D eigenvalue weighted by molar-refractivity contribution is -0.145. The van der Waals surface area contributed by atoms with Crippen LogP contribution in [0, 0.1) is 0 Å². The van der Waals surface area contributed by atoms with Crippen LogP contribution in [0.15, 0.2) is 53.3 Å². The van der Waals surface area contributed by atoms with Crippen LogP contribution in [0.1, 0.15) is 24.2 Å². The number of benzene rings is 1. The van der Waals surface area contributed by atoms with E-state index in [0.717, 1.165) is 0 Å². The van der Waals surface area contributed by atoms with E-state index in [9.17, 15) is 14.4 Å². The first kappa shape index (κ1) is 22.4. The van der Waals surface area contributed by atoms with Crippen molar-refractivity contribution in [1.82, 2.24) is 10.3 Å². The number of nitrogens with zero attached hydrogens (tertiary/aromatic N) is 2. The number of esters is 1. The van der Waals surface area contributed by atoms with Gasteiger partial charge >= 0.3 is 12.1 Å². The fraction of sp³-hybridized carbons (Fsp3) is 0.300. The predicted octanol–water partition coefficient (Wildman–Crippen LogP) is 3.17. The van der Waals surface area contributed by atoms with Crippen molar-refractivity contribution in [3.8, 4) is 0 Å². The van der Waals surface area contributed by atoms with Crippen molar-refractivity contribution in [3.63, 3.8) is 0 Å². The largest absolute Gasteiger partial charge is 0.461 e. The maximum absolute atomic E-state index is 13.0. The van der Waals surface area contributed by atoms with Crippen LogP contribution in [-0.2, 0) is 14.3 Å². The Hall–Kier alpha value is -2.94. The molecule has 2 amide bonds. The zero-order valence-corrected chi connectivity index (χ0v) is 17.7. The average molecular weight is 464 g/mol. The van der Waals surface area contributed by atoms with Crippen molar-refractivity contribution in [3.05, 3.63) is 58.8 Å². The number of para-hydroxylation sites is 1. The summed E-state index contributed by atoms with van der Waals surface area (Å²) in [6, 6.07) is 10.8. The zero-order valence-electron chi connectivity index (χ0n) is 16.1. The zero-order chi connectivity index (χ0) is 21.2. The molecule has 0 saturated heterocycles. The van der Waals surface area contributed by atoms with Gasteiger partial charge in [-0.15, -0.1) is 0 Å². The van der Waals surface area contributed by atoms with Crippen molar-refractivity contribution in [2.75, 3.05) is 24.6 Å². The highest BCUT2D eigenvalue weighted by atomic mass is 79.9. The van der Waals surface area contributed by atoms with E-state index in [1.54, 1.807) is 31.3 Å². The fourth-order valence-corrected chi connectivity index (χ4v) is 2.84. The number of hydrogen-bond acceptors (Lipinski definition) is 6. The second kappa shape index (κ2) is 11.2. The molecule has 0 bridgehead atoms. The summed E-state index contributed by atoms with van der Waals surface area (Å²) in [4.78, 5) is 41.2. The van der Waals surface area contributed by atoms with Gasteiger partial charge in [-0.1, -0.05) is 18.2 Å². The average Bonchev–Trinajstić information content (AvgIpc) is 2.69. The van der Waals surface area contributed by atoms with Gasteiger partial charge in [0.2, 0.25) is 0 Å². The number of pyridine rings is 1. The number of carbonyl (C=O) groups excluding carboxylic acids is 3. The Morgan fingerprint density at radius 1 is 1.21 bits per heavy atom. The molecule has 1 unspecified atom stereocenters. The van der Waals surface area contributed by atoms with Crippen LogP contribution >= 0.6 is 15.9 Å². The Morgan fingerprint density at radius 3 is 2.59 bits per heavy atom. The Labute approximate surface area is 177 Å². The van der Waals surface area contributed by atoms with Crippen molar-refractivity contribution in [1.29, 1.82) is 0 Å². The first-order valence-corrected chi connectivity index (χ1v) is 9.71. The molecule has 0 aliphatic carbocycles. The summed E-state index contributed by atoms with van der Waals surface area (Å²) >= 11 is 3.31. The summed E-state index contributed by atoms with van der Waals surface area (Å²) < 4.78 is 10.8. The van der Waals surface area contributed by atoms with Gasteiger partial charge in [0, 0.05) is 29.5 Å². The van der Waals surface area contributed by atoms with Gasteiger partial charge in [0.25, 0.3) is 5.91 Å². The highest BCUT2D eigenvalue weighted by molar-refractivity contribution is 9.10. The molecule has 1 atom stereocenters. The molecule has 2 rings (SSSR count). The standard InChI is InChI=1S/C20H22BrN3O5/c1-14(29-15(2)25)11-23-20(27)28-9-8-24(18-6-4-3-5-7-18)19(26)16-10-17(21)13-22-12-16/h3-7,10,12-14H,8-9,11H2,1-2H3,(H,23,27). The third-order valence-corrected chi connectivity index (χ3v) is 4.15. The van der Waals surface area contributed by atoms with E-state index in [-0.39, 0.29) is 25.6 Å². The van der Waals surface area contributed by atoms with Crippen LogP contribution < -0.4 is 10.2 Å². The second-order valence-corrected chi connectivity index (χ2v) is 7.04. The number of amides is 2. The minimum absolute atomic E-state index is 0.0180. The molecule has 154 valence electrons. The molecule has 0 radical (unpaired) electrons. The number of nitrogens with one attached hydrogen (secondary N) is 1. The Balaban J connectivity index is 1.96. The lowest BCUT2D eigenvalue weighted by atomic mass is 10.2. The van der Waals surface area contributed by atoms with Gasteiger partial charge in [-0.3, -0.25) is 14.6 Å². The number of hydrogen-bond donors (Lipinski definition) is 1. The molecule has 0 saturated carbocycles. The Bertz CT molecular complexity index is 847. The van der Waals surface area contributed by atoms with Crippen LogP contribution in [0.3, 0.4) is 0 Å². The number of ether oxygens (including phenoxy) is 2. The molecule has 0 spiro atoms. The summed E-state index contributed by atoms with van der Waals surface area (Å²) in [5.74, 6) is -0.691. The molecule has 8 nitrogen and oxygen atoms in total. The summed E-state index contributed by atoms with van der Waals surface area (Å²) in [6.07, 6.45) is 1.95. The van der Waals surface area contributed by atoms with E-state index in [2.05, 4.69) is 26.2 Å². The number of alkyl carbamates (subject to hydrolysis) is 1. The second-order valence-electron chi connectivity index (χ2n) is 6.12. The molecule has 0 aliphatic rings. The summed E-state index contributed by atoms with van der Waals surface area (Å²) in [5.41, 5.74) is 1.08. The van der Waals surface area contributed by atoms with Gasteiger partial charge in [0.05, 0.1) is 18.7 Å². The van der Waals surface area contributed by atoms with Crippen molar-refractivity contribution >= 4 is 39.6 Å². The summed E-state index contributed by atoms with van der Waals surface area (Å²) in [7, 11) is 0. The van der Waals surface area contributed by atoms with Gasteiger partial charge in [-0.05, 0) is 41.1 Å². The smallest absolute Gasteiger partial charge is 0.407 e. The lowest BCUT2D eigenvalue weighted by Gasteiger charge is -2.23. The van der Waals surface area contributed by atoms with Gasteiger partial charge in [0.1, 0.15) is 12.7 Å². The van der Waals surface area contributed by atoms with Crippen LogP contribution in [-0.4, -0.2) is 48.8 Å².